The van der Waals surface area contributed by atoms with Crippen molar-refractivity contribution in [2.24, 2.45) is 0 Å². The number of piperazine rings is 1. The topological polar surface area (TPSA) is 44.8 Å². The van der Waals surface area contributed by atoms with Crippen LogP contribution in [0.1, 0.15) is 0 Å². The van der Waals surface area contributed by atoms with Crippen LogP contribution in [0.3, 0.4) is 0 Å². The number of benzene rings is 2. The first-order chi connectivity index (χ1) is 12.6. The summed E-state index contributed by atoms with van der Waals surface area (Å²) in [6, 6.07) is 13.6. The number of rotatable bonds is 5. The van der Waals surface area contributed by atoms with E-state index in [9.17, 15) is 9.18 Å². The van der Waals surface area contributed by atoms with Crippen molar-refractivity contribution < 1.29 is 13.9 Å². The molecule has 2 aromatic rings. The largest absolute Gasteiger partial charge is 0.492 e. The zero-order valence-corrected chi connectivity index (χ0v) is 15.1. The first kappa shape index (κ1) is 18.3. The minimum atomic E-state index is -0.343. The van der Waals surface area contributed by atoms with E-state index < -0.39 is 0 Å². The van der Waals surface area contributed by atoms with Crippen LogP contribution in [-0.2, 0) is 0 Å². The number of carbonyl (C=O) groups is 1. The maximum Gasteiger partial charge on any atom is 0.317 e. The lowest BCUT2D eigenvalue weighted by molar-refractivity contribution is 0.191. The smallest absolute Gasteiger partial charge is 0.317 e. The molecule has 2 aromatic carbocycles. The zero-order valence-electron chi connectivity index (χ0n) is 14.3. The summed E-state index contributed by atoms with van der Waals surface area (Å²) in [7, 11) is 0. The van der Waals surface area contributed by atoms with Gasteiger partial charge in [-0.05, 0) is 30.3 Å². The summed E-state index contributed by atoms with van der Waals surface area (Å²) < 4.78 is 18.5. The van der Waals surface area contributed by atoms with Crippen molar-refractivity contribution in [3.8, 4) is 5.75 Å². The second-order valence-electron chi connectivity index (χ2n) is 5.99. The predicted molar refractivity (Wildman–Crippen MR) is 101 cm³/mol. The Bertz CT molecular complexity index is 751. The van der Waals surface area contributed by atoms with Gasteiger partial charge >= 0.3 is 6.03 Å². The van der Waals surface area contributed by atoms with Crippen LogP contribution in [0.25, 0.3) is 0 Å². The molecule has 0 aromatic heterocycles. The number of amides is 2. The molecule has 0 saturated carbocycles. The molecule has 1 N–H and O–H groups in total. The molecule has 5 nitrogen and oxygen atoms in total. The van der Waals surface area contributed by atoms with Crippen molar-refractivity contribution in [3.05, 3.63) is 59.4 Å². The highest BCUT2D eigenvalue weighted by Crippen LogP contribution is 2.20. The normalized spacial score (nSPS) is 14.2. The minimum absolute atomic E-state index is 0.112. The number of hydrogen-bond donors (Lipinski definition) is 1. The van der Waals surface area contributed by atoms with E-state index in [0.29, 0.717) is 30.4 Å². The van der Waals surface area contributed by atoms with Crippen molar-refractivity contribution in [1.29, 1.82) is 0 Å². The molecule has 26 heavy (non-hydrogen) atoms. The van der Waals surface area contributed by atoms with Crippen molar-refractivity contribution >= 4 is 23.3 Å². The van der Waals surface area contributed by atoms with Gasteiger partial charge in [-0.15, -0.1) is 0 Å². The maximum absolute atomic E-state index is 13.1. The number of halogens is 2. The third-order valence-corrected chi connectivity index (χ3v) is 4.42. The van der Waals surface area contributed by atoms with Crippen LogP contribution >= 0.6 is 11.6 Å². The molecule has 0 radical (unpaired) electrons. The van der Waals surface area contributed by atoms with E-state index in [-0.39, 0.29) is 18.5 Å². The maximum atomic E-state index is 13.1. The second-order valence-corrected chi connectivity index (χ2v) is 6.43. The molecule has 0 bridgehead atoms. The average Bonchev–Trinajstić information content (AvgIpc) is 2.65. The van der Waals surface area contributed by atoms with Gasteiger partial charge in [-0.2, -0.15) is 0 Å². The summed E-state index contributed by atoms with van der Waals surface area (Å²) in [5.41, 5.74) is 1.07. The molecule has 1 aliphatic rings. The third-order valence-electron chi connectivity index (χ3n) is 4.18. The van der Waals surface area contributed by atoms with Crippen LogP contribution in [0.15, 0.2) is 48.5 Å². The standard InChI is InChI=1S/C19H21ClFN3O2/c20-15-3-1-5-17(13-15)23-8-10-24(11-9-23)19(25)22-7-12-26-18-6-2-4-16(21)14-18/h1-6,13-14H,7-12H2,(H,22,25). The Kier molecular flexibility index (Phi) is 6.17. The lowest BCUT2D eigenvalue weighted by Gasteiger charge is -2.36. The average molecular weight is 378 g/mol. The summed E-state index contributed by atoms with van der Waals surface area (Å²) in [6.45, 7) is 3.45. The number of carbonyl (C=O) groups excluding carboxylic acids is 1. The van der Waals surface area contributed by atoms with Crippen molar-refractivity contribution in [1.82, 2.24) is 10.2 Å². The Balaban J connectivity index is 1.38. The number of ether oxygens (including phenoxy) is 1. The second kappa shape index (κ2) is 8.76. The predicted octanol–water partition coefficient (Wildman–Crippen LogP) is 3.39. The number of nitrogens with zero attached hydrogens (tertiary/aromatic N) is 2. The summed E-state index contributed by atoms with van der Waals surface area (Å²) >= 11 is 6.03. The zero-order chi connectivity index (χ0) is 18.4. The van der Waals surface area contributed by atoms with Crippen molar-refractivity contribution in [2.75, 3.05) is 44.2 Å². The lowest BCUT2D eigenvalue weighted by Crippen LogP contribution is -2.52. The first-order valence-corrected chi connectivity index (χ1v) is 8.91. The van der Waals surface area contributed by atoms with Crippen LogP contribution in [0.2, 0.25) is 5.02 Å². The van der Waals surface area contributed by atoms with E-state index >= 15 is 0 Å². The van der Waals surface area contributed by atoms with E-state index in [1.54, 1.807) is 17.0 Å². The molecule has 1 fully saturated rings. The fourth-order valence-electron chi connectivity index (χ4n) is 2.84. The highest BCUT2D eigenvalue weighted by molar-refractivity contribution is 6.30. The van der Waals surface area contributed by atoms with E-state index in [2.05, 4.69) is 10.2 Å². The molecule has 0 atom stereocenters. The molecule has 1 aliphatic heterocycles. The Morgan fingerprint density at radius 2 is 1.88 bits per heavy atom. The Morgan fingerprint density at radius 1 is 1.12 bits per heavy atom. The Morgan fingerprint density at radius 3 is 2.62 bits per heavy atom. The number of urea groups is 1. The van der Waals surface area contributed by atoms with Gasteiger partial charge in [0.15, 0.2) is 0 Å². The van der Waals surface area contributed by atoms with E-state index in [4.69, 9.17) is 16.3 Å². The Labute approximate surface area is 157 Å². The van der Waals surface area contributed by atoms with Gasteiger partial charge in [0.1, 0.15) is 18.2 Å². The Hall–Kier alpha value is -2.47. The van der Waals surface area contributed by atoms with E-state index in [1.165, 1.54) is 12.1 Å². The van der Waals surface area contributed by atoms with E-state index in [1.807, 2.05) is 24.3 Å². The van der Waals surface area contributed by atoms with Gasteiger partial charge < -0.3 is 19.9 Å². The molecule has 1 heterocycles. The van der Waals surface area contributed by atoms with Crippen LogP contribution in [0.4, 0.5) is 14.9 Å². The molecule has 0 aliphatic carbocycles. The SMILES string of the molecule is O=C(NCCOc1cccc(F)c1)N1CCN(c2cccc(Cl)c2)CC1. The molecular weight excluding hydrogens is 357 g/mol. The fraction of sp³-hybridized carbons (Fsp3) is 0.316. The summed E-state index contributed by atoms with van der Waals surface area (Å²) in [5, 5.41) is 3.54. The minimum Gasteiger partial charge on any atom is -0.492 e. The molecular formula is C19H21ClFN3O2. The van der Waals surface area contributed by atoms with E-state index in [0.717, 1.165) is 18.8 Å². The quantitative estimate of drug-likeness (QED) is 0.812. The highest BCUT2D eigenvalue weighted by atomic mass is 35.5. The molecule has 138 valence electrons. The molecule has 7 heteroatoms. The fourth-order valence-corrected chi connectivity index (χ4v) is 3.02. The van der Waals surface area contributed by atoms with Gasteiger partial charge in [0, 0.05) is 43.0 Å². The third kappa shape index (κ3) is 5.02. The molecule has 1 saturated heterocycles. The monoisotopic (exact) mass is 377 g/mol. The first-order valence-electron chi connectivity index (χ1n) is 8.53. The highest BCUT2D eigenvalue weighted by Gasteiger charge is 2.21. The van der Waals surface area contributed by atoms with Crippen molar-refractivity contribution in [3.63, 3.8) is 0 Å². The van der Waals surface area contributed by atoms with Gasteiger partial charge in [-0.3, -0.25) is 0 Å². The summed E-state index contributed by atoms with van der Waals surface area (Å²) in [4.78, 5) is 16.2. The molecule has 3 rings (SSSR count). The van der Waals surface area contributed by atoms with Crippen LogP contribution in [0.5, 0.6) is 5.75 Å². The van der Waals surface area contributed by atoms with Crippen LogP contribution < -0.4 is 15.0 Å². The molecule has 2 amide bonds. The van der Waals surface area contributed by atoms with Gasteiger partial charge in [0.05, 0.1) is 6.54 Å². The van der Waals surface area contributed by atoms with Crippen LogP contribution in [0, 0.1) is 5.82 Å². The summed E-state index contributed by atoms with van der Waals surface area (Å²) in [6.07, 6.45) is 0. The van der Waals surface area contributed by atoms with Gasteiger partial charge in [-0.25, -0.2) is 9.18 Å². The number of nitrogens with one attached hydrogen (secondary N) is 1. The van der Waals surface area contributed by atoms with Crippen molar-refractivity contribution in [2.45, 2.75) is 0 Å². The van der Waals surface area contributed by atoms with Gasteiger partial charge in [-0.1, -0.05) is 23.7 Å². The lowest BCUT2D eigenvalue weighted by atomic mass is 10.2. The van der Waals surface area contributed by atoms with Crippen LogP contribution in [-0.4, -0.2) is 50.3 Å². The molecule has 0 spiro atoms. The van der Waals surface area contributed by atoms with Gasteiger partial charge in [0.2, 0.25) is 0 Å². The number of hydrogen-bond acceptors (Lipinski definition) is 3. The molecule has 0 unspecified atom stereocenters. The van der Waals surface area contributed by atoms with Gasteiger partial charge in [0.25, 0.3) is 0 Å². The summed E-state index contributed by atoms with van der Waals surface area (Å²) in [5.74, 6) is 0.110. The number of anilines is 1.